The van der Waals surface area contributed by atoms with E-state index < -0.39 is 5.97 Å². The lowest BCUT2D eigenvalue weighted by Crippen LogP contribution is -1.94. The number of esters is 1. The highest BCUT2D eigenvalue weighted by Gasteiger charge is 2.01. The van der Waals surface area contributed by atoms with Crippen LogP contribution in [-0.4, -0.2) is 13.1 Å². The average molecular weight is 333 g/mol. The van der Waals surface area contributed by atoms with Gasteiger partial charge in [-0.15, -0.1) is 0 Å². The first-order valence-electron chi connectivity index (χ1n) is 6.58. The van der Waals surface area contributed by atoms with Crippen molar-refractivity contribution in [3.05, 3.63) is 81.9 Å². The number of rotatable bonds is 4. The summed E-state index contributed by atoms with van der Waals surface area (Å²) in [5, 5.41) is 1.34. The van der Waals surface area contributed by atoms with Crippen LogP contribution < -0.4 is 0 Å². The summed E-state index contributed by atoms with van der Waals surface area (Å²) in [4.78, 5) is 11.3. The number of ether oxygens (including phenoxy) is 1. The normalized spacial score (nSPS) is 11.7. The summed E-state index contributed by atoms with van der Waals surface area (Å²) in [5.74, 6) is -0.407. The zero-order chi connectivity index (χ0) is 15.9. The van der Waals surface area contributed by atoms with Crippen LogP contribution in [0.15, 0.2) is 60.7 Å². The Hall–Kier alpha value is -2.03. The van der Waals surface area contributed by atoms with Gasteiger partial charge in [0.15, 0.2) is 0 Å². The Morgan fingerprint density at radius 1 is 0.909 bits per heavy atom. The molecule has 22 heavy (non-hydrogen) atoms. The van der Waals surface area contributed by atoms with Crippen molar-refractivity contribution in [1.82, 2.24) is 0 Å². The van der Waals surface area contributed by atoms with Crippen LogP contribution in [-0.2, 0) is 9.53 Å². The predicted molar refractivity (Wildman–Crippen MR) is 91.9 cm³/mol. The number of allylic oxidation sites excluding steroid dienone is 2. The third-order valence-electron chi connectivity index (χ3n) is 2.97. The van der Waals surface area contributed by atoms with Crippen LogP contribution in [0.3, 0.4) is 0 Å². The van der Waals surface area contributed by atoms with E-state index in [9.17, 15) is 4.79 Å². The van der Waals surface area contributed by atoms with Crippen molar-refractivity contribution in [3.8, 4) is 0 Å². The van der Waals surface area contributed by atoms with Crippen molar-refractivity contribution in [3.63, 3.8) is 0 Å². The Labute approximate surface area is 139 Å². The highest BCUT2D eigenvalue weighted by molar-refractivity contribution is 6.30. The molecule has 0 saturated heterocycles. The molecule has 0 aromatic heterocycles. The molecule has 0 aliphatic heterocycles. The zero-order valence-corrected chi connectivity index (χ0v) is 13.4. The monoisotopic (exact) mass is 332 g/mol. The van der Waals surface area contributed by atoms with Crippen LogP contribution in [0.25, 0.3) is 11.6 Å². The first-order valence-corrected chi connectivity index (χ1v) is 7.33. The molecule has 2 aromatic rings. The fourth-order valence-corrected chi connectivity index (χ4v) is 2.09. The second-order valence-electron chi connectivity index (χ2n) is 4.51. The summed E-state index contributed by atoms with van der Waals surface area (Å²) >= 11 is 11.8. The highest BCUT2D eigenvalue weighted by Crippen LogP contribution is 2.22. The van der Waals surface area contributed by atoms with Gasteiger partial charge >= 0.3 is 5.97 Å². The van der Waals surface area contributed by atoms with Gasteiger partial charge in [-0.2, -0.15) is 0 Å². The molecule has 0 radical (unpaired) electrons. The molecule has 0 amide bonds. The van der Waals surface area contributed by atoms with Gasteiger partial charge in [0.05, 0.1) is 7.11 Å². The molecule has 4 heteroatoms. The zero-order valence-electron chi connectivity index (χ0n) is 11.9. The summed E-state index contributed by atoms with van der Waals surface area (Å²) in [6, 6.07) is 14.8. The van der Waals surface area contributed by atoms with E-state index in [2.05, 4.69) is 4.74 Å². The Morgan fingerprint density at radius 3 is 2.00 bits per heavy atom. The van der Waals surface area contributed by atoms with Crippen LogP contribution in [0.5, 0.6) is 0 Å². The van der Waals surface area contributed by atoms with E-state index in [-0.39, 0.29) is 0 Å². The van der Waals surface area contributed by atoms with Crippen molar-refractivity contribution < 1.29 is 9.53 Å². The number of carbonyl (C=O) groups is 1. The smallest absolute Gasteiger partial charge is 0.330 e. The van der Waals surface area contributed by atoms with E-state index in [4.69, 9.17) is 23.2 Å². The lowest BCUT2D eigenvalue weighted by atomic mass is 10.0. The molecular weight excluding hydrogens is 319 g/mol. The second kappa shape index (κ2) is 7.83. The van der Waals surface area contributed by atoms with Crippen LogP contribution in [0, 0.1) is 0 Å². The molecule has 0 atom stereocenters. The molecule has 2 rings (SSSR count). The molecule has 0 heterocycles. The van der Waals surface area contributed by atoms with E-state index in [1.165, 1.54) is 13.2 Å². The standard InChI is InChI=1S/C18H14Cl2O2/c1-22-18(21)11-6-15(14-4-9-17(20)10-5-14)12-13-2-7-16(19)8-3-13/h2-12H,1H3/b11-6+,15-12?. The average Bonchev–Trinajstić information content (AvgIpc) is 2.54. The SMILES string of the molecule is COC(=O)/C=C/C(=Cc1ccc(Cl)cc1)c1ccc(Cl)cc1. The van der Waals surface area contributed by atoms with Crippen molar-refractivity contribution in [1.29, 1.82) is 0 Å². The number of hydrogen-bond acceptors (Lipinski definition) is 2. The Bertz CT molecular complexity index is 699. The third kappa shape index (κ3) is 4.76. The van der Waals surface area contributed by atoms with Crippen LogP contribution >= 0.6 is 23.2 Å². The molecule has 0 spiro atoms. The molecule has 0 unspecified atom stereocenters. The Kier molecular flexibility index (Phi) is 5.82. The molecule has 2 aromatic carbocycles. The number of benzene rings is 2. The largest absolute Gasteiger partial charge is 0.466 e. The van der Waals surface area contributed by atoms with Crippen molar-refractivity contribution >= 4 is 40.8 Å². The summed E-state index contributed by atoms with van der Waals surface area (Å²) in [5.41, 5.74) is 2.78. The van der Waals surface area contributed by atoms with E-state index in [1.807, 2.05) is 42.5 Å². The van der Waals surface area contributed by atoms with Gasteiger partial charge in [0, 0.05) is 16.1 Å². The minimum absolute atomic E-state index is 0.407. The Balaban J connectivity index is 2.40. The Morgan fingerprint density at radius 2 is 1.45 bits per heavy atom. The molecule has 0 aliphatic carbocycles. The molecule has 112 valence electrons. The maximum atomic E-state index is 11.3. The predicted octanol–water partition coefficient (Wildman–Crippen LogP) is 5.26. The fraction of sp³-hybridized carbons (Fsp3) is 0.0556. The van der Waals surface area contributed by atoms with Crippen LogP contribution in [0.4, 0.5) is 0 Å². The lowest BCUT2D eigenvalue weighted by Gasteiger charge is -2.04. The van der Waals surface area contributed by atoms with E-state index in [1.54, 1.807) is 18.2 Å². The van der Waals surface area contributed by atoms with Gasteiger partial charge in [-0.1, -0.05) is 47.5 Å². The maximum absolute atomic E-state index is 11.3. The quantitative estimate of drug-likeness (QED) is 0.330. The molecule has 0 fully saturated rings. The molecule has 0 N–H and O–H groups in total. The van der Waals surface area contributed by atoms with Crippen molar-refractivity contribution in [2.24, 2.45) is 0 Å². The van der Waals surface area contributed by atoms with Crippen molar-refractivity contribution in [2.45, 2.75) is 0 Å². The molecule has 0 saturated carbocycles. The van der Waals surface area contributed by atoms with Gasteiger partial charge < -0.3 is 4.74 Å². The first kappa shape index (κ1) is 16.3. The number of carbonyl (C=O) groups excluding carboxylic acids is 1. The molecular formula is C18H14Cl2O2. The summed E-state index contributed by atoms with van der Waals surface area (Å²) in [6.07, 6.45) is 5.05. The maximum Gasteiger partial charge on any atom is 0.330 e. The summed E-state index contributed by atoms with van der Waals surface area (Å²) < 4.78 is 4.63. The number of halogens is 2. The minimum Gasteiger partial charge on any atom is -0.466 e. The summed E-state index contributed by atoms with van der Waals surface area (Å²) in [6.45, 7) is 0. The first-order chi connectivity index (χ1) is 10.6. The van der Waals surface area contributed by atoms with E-state index >= 15 is 0 Å². The molecule has 0 aliphatic rings. The third-order valence-corrected chi connectivity index (χ3v) is 3.47. The minimum atomic E-state index is -0.407. The fourth-order valence-electron chi connectivity index (χ4n) is 1.83. The van der Waals surface area contributed by atoms with Gasteiger partial charge in [0.2, 0.25) is 0 Å². The van der Waals surface area contributed by atoms with Gasteiger partial charge in [-0.3, -0.25) is 0 Å². The van der Waals surface area contributed by atoms with E-state index in [0.29, 0.717) is 10.0 Å². The second-order valence-corrected chi connectivity index (χ2v) is 5.39. The number of hydrogen-bond donors (Lipinski definition) is 0. The number of methoxy groups -OCH3 is 1. The van der Waals surface area contributed by atoms with Crippen LogP contribution in [0.1, 0.15) is 11.1 Å². The van der Waals surface area contributed by atoms with Crippen molar-refractivity contribution in [2.75, 3.05) is 7.11 Å². The summed E-state index contributed by atoms with van der Waals surface area (Å²) in [7, 11) is 1.34. The van der Waals surface area contributed by atoms with Gasteiger partial charge in [-0.05, 0) is 53.1 Å². The topological polar surface area (TPSA) is 26.3 Å². The molecule has 2 nitrogen and oxygen atoms in total. The highest BCUT2D eigenvalue weighted by atomic mass is 35.5. The van der Waals surface area contributed by atoms with Gasteiger partial charge in [0.25, 0.3) is 0 Å². The van der Waals surface area contributed by atoms with Crippen LogP contribution in [0.2, 0.25) is 10.0 Å². The lowest BCUT2D eigenvalue weighted by molar-refractivity contribution is -0.134. The van der Waals surface area contributed by atoms with E-state index in [0.717, 1.165) is 16.7 Å². The van der Waals surface area contributed by atoms with Gasteiger partial charge in [0.1, 0.15) is 0 Å². The molecule has 0 bridgehead atoms. The van der Waals surface area contributed by atoms with Gasteiger partial charge in [-0.25, -0.2) is 4.79 Å².